The molecule has 0 saturated carbocycles. The van der Waals surface area contributed by atoms with E-state index >= 15 is 0 Å². The minimum atomic E-state index is -1.03. The van der Waals surface area contributed by atoms with E-state index in [9.17, 15) is 14.7 Å². The quantitative estimate of drug-likeness (QED) is 0.874. The minimum absolute atomic E-state index is 0.244. The molecule has 0 aliphatic carbocycles. The summed E-state index contributed by atoms with van der Waals surface area (Å²) in [5, 5.41) is 16.8. The number of para-hydroxylation sites is 1. The zero-order chi connectivity index (χ0) is 15.0. The van der Waals surface area contributed by atoms with Gasteiger partial charge < -0.3 is 14.7 Å². The van der Waals surface area contributed by atoms with Gasteiger partial charge in [0.25, 0.3) is 5.91 Å². The summed E-state index contributed by atoms with van der Waals surface area (Å²) in [5.41, 5.74) is 0.990. The first kappa shape index (κ1) is 13.6. The van der Waals surface area contributed by atoms with E-state index in [1.54, 1.807) is 6.07 Å². The number of carboxylic acid groups (broad SMARTS) is 1. The van der Waals surface area contributed by atoms with Gasteiger partial charge in [-0.2, -0.15) is 5.10 Å². The molecule has 1 aliphatic heterocycles. The Hall–Kier alpha value is -2.41. The van der Waals surface area contributed by atoms with Crippen LogP contribution in [0.1, 0.15) is 16.9 Å². The van der Waals surface area contributed by atoms with Crippen molar-refractivity contribution in [1.29, 1.82) is 0 Å². The van der Waals surface area contributed by atoms with Gasteiger partial charge in [-0.3, -0.25) is 9.89 Å². The highest BCUT2D eigenvalue weighted by molar-refractivity contribution is 6.05. The summed E-state index contributed by atoms with van der Waals surface area (Å²) in [5.74, 6) is -1.41. The van der Waals surface area contributed by atoms with Crippen molar-refractivity contribution in [2.75, 3.05) is 13.7 Å². The number of hydrogen-bond acceptors (Lipinski definition) is 4. The fourth-order valence-electron chi connectivity index (χ4n) is 2.69. The Balaban J connectivity index is 1.95. The largest absolute Gasteiger partial charge is 0.480 e. The number of carboxylic acids is 1. The summed E-state index contributed by atoms with van der Waals surface area (Å²) in [6.45, 7) is 0.257. The first-order chi connectivity index (χ1) is 10.1. The Morgan fingerprint density at radius 3 is 2.90 bits per heavy atom. The standard InChI is InChI=1S/C14H15N3O4/c1-21-8-6-11(14(19)20)17(7-8)13(18)12-9-4-2-3-5-10(9)15-16-12/h2-5,8,11H,6-7H2,1H3,(H,15,16)(H,19,20). The van der Waals surface area contributed by atoms with E-state index in [4.69, 9.17) is 4.74 Å². The van der Waals surface area contributed by atoms with Crippen molar-refractivity contribution in [3.8, 4) is 0 Å². The van der Waals surface area contributed by atoms with E-state index in [0.717, 1.165) is 5.52 Å². The Labute approximate surface area is 120 Å². The third-order valence-electron chi connectivity index (χ3n) is 3.81. The van der Waals surface area contributed by atoms with E-state index in [0.29, 0.717) is 11.8 Å². The summed E-state index contributed by atoms with van der Waals surface area (Å²) in [6.07, 6.45) is 0.0279. The zero-order valence-electron chi connectivity index (χ0n) is 11.4. The topological polar surface area (TPSA) is 95.5 Å². The molecule has 7 nitrogen and oxygen atoms in total. The molecule has 1 saturated heterocycles. The Bertz CT molecular complexity index is 696. The number of H-pyrrole nitrogens is 1. The van der Waals surface area contributed by atoms with Gasteiger partial charge in [0.15, 0.2) is 5.69 Å². The Morgan fingerprint density at radius 2 is 2.19 bits per heavy atom. The molecule has 1 fully saturated rings. The Kier molecular flexibility index (Phi) is 3.34. The summed E-state index contributed by atoms with van der Waals surface area (Å²) in [4.78, 5) is 25.3. The van der Waals surface area contributed by atoms with Crippen LogP contribution in [-0.2, 0) is 9.53 Å². The molecule has 1 aromatic carbocycles. The van der Waals surface area contributed by atoms with Gasteiger partial charge >= 0.3 is 5.97 Å². The SMILES string of the molecule is COC1CC(C(=O)O)N(C(=O)c2n[nH]c3ccccc23)C1. The molecule has 2 atom stereocenters. The van der Waals surface area contributed by atoms with Crippen molar-refractivity contribution >= 4 is 22.8 Å². The highest BCUT2D eigenvalue weighted by Gasteiger charge is 2.41. The summed E-state index contributed by atoms with van der Waals surface area (Å²) >= 11 is 0. The maximum atomic E-state index is 12.6. The lowest BCUT2D eigenvalue weighted by atomic mass is 10.1. The van der Waals surface area contributed by atoms with Crippen molar-refractivity contribution in [2.45, 2.75) is 18.6 Å². The molecule has 21 heavy (non-hydrogen) atoms. The number of hydrogen-bond donors (Lipinski definition) is 2. The average molecular weight is 289 g/mol. The normalized spacial score (nSPS) is 21.9. The van der Waals surface area contributed by atoms with Gasteiger partial charge in [0, 0.05) is 25.5 Å². The van der Waals surface area contributed by atoms with Crippen LogP contribution in [0.25, 0.3) is 10.9 Å². The van der Waals surface area contributed by atoms with Gasteiger partial charge in [0.05, 0.1) is 11.6 Å². The number of aromatic nitrogens is 2. The number of likely N-dealkylation sites (tertiary alicyclic amines) is 1. The first-order valence-corrected chi connectivity index (χ1v) is 6.61. The predicted molar refractivity (Wildman–Crippen MR) is 74.0 cm³/mol. The fraction of sp³-hybridized carbons (Fsp3) is 0.357. The van der Waals surface area contributed by atoms with Crippen LogP contribution in [0.15, 0.2) is 24.3 Å². The van der Waals surface area contributed by atoms with Crippen LogP contribution < -0.4 is 0 Å². The molecule has 7 heteroatoms. The van der Waals surface area contributed by atoms with Crippen molar-refractivity contribution in [3.63, 3.8) is 0 Å². The molecule has 0 radical (unpaired) electrons. The lowest BCUT2D eigenvalue weighted by molar-refractivity contribution is -0.141. The van der Waals surface area contributed by atoms with Gasteiger partial charge in [-0.15, -0.1) is 0 Å². The van der Waals surface area contributed by atoms with Crippen LogP contribution in [0.3, 0.4) is 0 Å². The first-order valence-electron chi connectivity index (χ1n) is 6.61. The second-order valence-electron chi connectivity index (χ2n) is 5.02. The highest BCUT2D eigenvalue weighted by atomic mass is 16.5. The number of benzene rings is 1. The van der Waals surface area contributed by atoms with E-state index in [1.807, 2.05) is 18.2 Å². The number of methoxy groups -OCH3 is 1. The van der Waals surface area contributed by atoms with E-state index in [1.165, 1.54) is 12.0 Å². The molecule has 2 aromatic rings. The van der Waals surface area contributed by atoms with Crippen molar-refractivity contribution in [3.05, 3.63) is 30.0 Å². The maximum Gasteiger partial charge on any atom is 0.326 e. The molecule has 2 heterocycles. The van der Waals surface area contributed by atoms with Crippen molar-refractivity contribution < 1.29 is 19.4 Å². The second-order valence-corrected chi connectivity index (χ2v) is 5.02. The minimum Gasteiger partial charge on any atom is -0.480 e. The Morgan fingerprint density at radius 1 is 1.43 bits per heavy atom. The number of carbonyl (C=O) groups excluding carboxylic acids is 1. The van der Waals surface area contributed by atoms with Crippen LogP contribution in [0.5, 0.6) is 0 Å². The second kappa shape index (κ2) is 5.17. The number of rotatable bonds is 3. The third kappa shape index (κ3) is 2.25. The van der Waals surface area contributed by atoms with Gasteiger partial charge in [-0.05, 0) is 6.07 Å². The number of fused-ring (bicyclic) bond motifs is 1. The molecule has 110 valence electrons. The smallest absolute Gasteiger partial charge is 0.326 e. The number of aromatic amines is 1. The number of carbonyl (C=O) groups is 2. The van der Waals surface area contributed by atoms with Crippen molar-refractivity contribution in [1.82, 2.24) is 15.1 Å². The lowest BCUT2D eigenvalue weighted by Gasteiger charge is -2.20. The van der Waals surface area contributed by atoms with E-state index in [2.05, 4.69) is 10.2 Å². The molecule has 1 amide bonds. The van der Waals surface area contributed by atoms with Crippen LogP contribution in [0, 0.1) is 0 Å². The molecular weight excluding hydrogens is 274 g/mol. The number of ether oxygens (including phenoxy) is 1. The summed E-state index contributed by atoms with van der Waals surface area (Å²) < 4.78 is 5.19. The molecule has 3 rings (SSSR count). The van der Waals surface area contributed by atoms with Gasteiger partial charge in [-0.1, -0.05) is 18.2 Å². The van der Waals surface area contributed by atoms with Gasteiger partial charge in [0.2, 0.25) is 0 Å². The van der Waals surface area contributed by atoms with E-state index in [-0.39, 0.29) is 24.2 Å². The summed E-state index contributed by atoms with van der Waals surface area (Å²) in [6, 6.07) is 6.37. The zero-order valence-corrected chi connectivity index (χ0v) is 11.4. The predicted octanol–water partition coefficient (Wildman–Crippen LogP) is 0.877. The van der Waals surface area contributed by atoms with Crippen LogP contribution in [-0.4, -0.2) is 57.9 Å². The number of aliphatic carboxylic acids is 1. The number of nitrogens with zero attached hydrogens (tertiary/aromatic N) is 2. The monoisotopic (exact) mass is 289 g/mol. The molecular formula is C14H15N3O4. The van der Waals surface area contributed by atoms with E-state index < -0.39 is 12.0 Å². The molecule has 1 aliphatic rings. The lowest BCUT2D eigenvalue weighted by Crippen LogP contribution is -2.40. The highest BCUT2D eigenvalue weighted by Crippen LogP contribution is 2.24. The van der Waals surface area contributed by atoms with Gasteiger partial charge in [-0.25, -0.2) is 4.79 Å². The maximum absolute atomic E-state index is 12.6. The molecule has 0 spiro atoms. The molecule has 2 N–H and O–H groups in total. The molecule has 2 unspecified atom stereocenters. The van der Waals surface area contributed by atoms with Gasteiger partial charge in [0.1, 0.15) is 6.04 Å². The molecule has 0 bridgehead atoms. The average Bonchev–Trinajstić information content (AvgIpc) is 3.10. The van der Waals surface area contributed by atoms with Crippen LogP contribution in [0.4, 0.5) is 0 Å². The summed E-state index contributed by atoms with van der Waals surface area (Å²) in [7, 11) is 1.52. The third-order valence-corrected chi connectivity index (χ3v) is 3.81. The van der Waals surface area contributed by atoms with Crippen molar-refractivity contribution in [2.24, 2.45) is 0 Å². The molecule has 1 aromatic heterocycles. The number of nitrogens with one attached hydrogen (secondary N) is 1. The number of amides is 1. The fourth-order valence-corrected chi connectivity index (χ4v) is 2.69. The van der Waals surface area contributed by atoms with Crippen LogP contribution >= 0.6 is 0 Å². The van der Waals surface area contributed by atoms with Crippen LogP contribution in [0.2, 0.25) is 0 Å².